The predicted molar refractivity (Wildman–Crippen MR) is 119 cm³/mol. The highest BCUT2D eigenvalue weighted by atomic mass is 35.5. The number of ether oxygens (including phenoxy) is 2. The highest BCUT2D eigenvalue weighted by Crippen LogP contribution is 2.29. The van der Waals surface area contributed by atoms with Gasteiger partial charge in [-0.05, 0) is 53.6 Å². The SMILES string of the molecule is COc1cc(C(=O)NC[C@H](O)c2ccc([N+](=O)[O-])cc2)ccc1OCc1ccc(Cl)cc1. The van der Waals surface area contributed by atoms with Gasteiger partial charge in [-0.2, -0.15) is 0 Å². The number of aliphatic hydroxyl groups is 1. The van der Waals surface area contributed by atoms with Crippen LogP contribution in [0.3, 0.4) is 0 Å². The molecule has 0 aromatic heterocycles. The molecular weight excluding hydrogens is 436 g/mol. The van der Waals surface area contributed by atoms with Gasteiger partial charge in [0.15, 0.2) is 11.5 Å². The van der Waals surface area contributed by atoms with E-state index in [0.717, 1.165) is 5.56 Å². The Morgan fingerprint density at radius 1 is 1.09 bits per heavy atom. The summed E-state index contributed by atoms with van der Waals surface area (Å²) in [4.78, 5) is 22.7. The van der Waals surface area contributed by atoms with Gasteiger partial charge >= 0.3 is 0 Å². The maximum atomic E-state index is 12.5. The Labute approximate surface area is 189 Å². The first-order valence-corrected chi connectivity index (χ1v) is 10.0. The van der Waals surface area contributed by atoms with Crippen molar-refractivity contribution in [3.8, 4) is 11.5 Å². The maximum Gasteiger partial charge on any atom is 0.269 e. The molecule has 0 aliphatic heterocycles. The van der Waals surface area contributed by atoms with Crippen molar-refractivity contribution < 1.29 is 24.3 Å². The number of halogens is 1. The normalized spacial score (nSPS) is 11.5. The lowest BCUT2D eigenvalue weighted by atomic mass is 10.1. The zero-order chi connectivity index (χ0) is 23.1. The molecule has 2 N–H and O–H groups in total. The molecule has 3 rings (SSSR count). The smallest absolute Gasteiger partial charge is 0.269 e. The van der Waals surface area contributed by atoms with E-state index in [0.29, 0.717) is 34.3 Å². The van der Waals surface area contributed by atoms with Crippen molar-refractivity contribution in [2.75, 3.05) is 13.7 Å². The molecule has 0 bridgehead atoms. The quantitative estimate of drug-likeness (QED) is 0.367. The minimum absolute atomic E-state index is 0.0617. The summed E-state index contributed by atoms with van der Waals surface area (Å²) in [5.41, 5.74) is 1.64. The zero-order valence-electron chi connectivity index (χ0n) is 17.2. The van der Waals surface area contributed by atoms with Crippen LogP contribution in [0.5, 0.6) is 11.5 Å². The lowest BCUT2D eigenvalue weighted by Crippen LogP contribution is -2.28. The summed E-state index contributed by atoms with van der Waals surface area (Å²) in [5.74, 6) is 0.459. The molecule has 9 heteroatoms. The summed E-state index contributed by atoms with van der Waals surface area (Å²) in [5, 5.41) is 24.2. The molecule has 0 aliphatic rings. The van der Waals surface area contributed by atoms with E-state index < -0.39 is 16.9 Å². The number of hydrogen-bond donors (Lipinski definition) is 2. The Morgan fingerprint density at radius 2 is 1.78 bits per heavy atom. The molecule has 1 atom stereocenters. The number of amides is 1. The lowest BCUT2D eigenvalue weighted by molar-refractivity contribution is -0.384. The second kappa shape index (κ2) is 10.6. The molecule has 8 nitrogen and oxygen atoms in total. The van der Waals surface area contributed by atoms with Gasteiger partial charge in [0.1, 0.15) is 6.61 Å². The van der Waals surface area contributed by atoms with Gasteiger partial charge in [0, 0.05) is 29.3 Å². The van der Waals surface area contributed by atoms with Gasteiger partial charge in [0.05, 0.1) is 18.1 Å². The molecule has 166 valence electrons. The van der Waals surface area contributed by atoms with E-state index in [1.165, 1.54) is 31.4 Å². The molecule has 0 radical (unpaired) electrons. The number of carbonyl (C=O) groups excluding carboxylic acids is 1. The Morgan fingerprint density at radius 3 is 2.41 bits per heavy atom. The lowest BCUT2D eigenvalue weighted by Gasteiger charge is -2.14. The van der Waals surface area contributed by atoms with Gasteiger partial charge in [0.2, 0.25) is 0 Å². The summed E-state index contributed by atoms with van der Waals surface area (Å²) in [6.45, 7) is 0.244. The van der Waals surface area contributed by atoms with Crippen LogP contribution in [0.2, 0.25) is 5.02 Å². The summed E-state index contributed by atoms with van der Waals surface area (Å²) < 4.78 is 11.1. The third kappa shape index (κ3) is 5.96. The average molecular weight is 457 g/mol. The van der Waals surface area contributed by atoms with Crippen LogP contribution in [0.1, 0.15) is 27.6 Å². The Hall–Kier alpha value is -3.62. The number of hydrogen-bond acceptors (Lipinski definition) is 6. The third-order valence-corrected chi connectivity index (χ3v) is 4.93. The topological polar surface area (TPSA) is 111 Å². The number of methoxy groups -OCH3 is 1. The van der Waals surface area contributed by atoms with Crippen molar-refractivity contribution in [3.05, 3.63) is 98.6 Å². The Balaban J connectivity index is 1.59. The van der Waals surface area contributed by atoms with Crippen LogP contribution in [-0.4, -0.2) is 29.6 Å². The standard InChI is InChI=1S/C23H21ClN2O6/c1-31-22-12-17(6-11-21(22)32-14-15-2-7-18(24)8-3-15)23(28)25-13-20(27)16-4-9-19(10-5-16)26(29)30/h2-12,20,27H,13-14H2,1H3,(H,25,28)/t20-/m0/s1. The molecule has 0 saturated carbocycles. The van der Waals surface area contributed by atoms with Crippen LogP contribution in [0.4, 0.5) is 5.69 Å². The average Bonchev–Trinajstić information content (AvgIpc) is 2.81. The van der Waals surface area contributed by atoms with Crippen molar-refractivity contribution in [1.29, 1.82) is 0 Å². The summed E-state index contributed by atoms with van der Waals surface area (Å²) >= 11 is 5.88. The first-order valence-electron chi connectivity index (χ1n) is 9.63. The minimum Gasteiger partial charge on any atom is -0.493 e. The Kier molecular flexibility index (Phi) is 7.64. The number of non-ortho nitro benzene ring substituents is 1. The van der Waals surface area contributed by atoms with Gasteiger partial charge in [-0.1, -0.05) is 23.7 Å². The minimum atomic E-state index is -1.01. The number of nitrogens with zero attached hydrogens (tertiary/aromatic N) is 1. The fourth-order valence-corrected chi connectivity index (χ4v) is 3.02. The first-order chi connectivity index (χ1) is 15.4. The van der Waals surface area contributed by atoms with Crippen molar-refractivity contribution in [2.45, 2.75) is 12.7 Å². The number of nitro groups is 1. The van der Waals surface area contributed by atoms with Gasteiger partial charge in [-0.15, -0.1) is 0 Å². The second-order valence-electron chi connectivity index (χ2n) is 6.86. The van der Waals surface area contributed by atoms with E-state index in [9.17, 15) is 20.0 Å². The third-order valence-electron chi connectivity index (χ3n) is 4.68. The molecule has 0 aliphatic carbocycles. The van der Waals surface area contributed by atoms with Crippen LogP contribution in [-0.2, 0) is 6.61 Å². The summed E-state index contributed by atoms with van der Waals surface area (Å²) in [6, 6.07) is 17.5. The molecule has 1 amide bonds. The molecule has 0 heterocycles. The molecule has 0 fully saturated rings. The van der Waals surface area contributed by atoms with Crippen molar-refractivity contribution >= 4 is 23.2 Å². The number of nitrogens with one attached hydrogen (secondary N) is 1. The monoisotopic (exact) mass is 456 g/mol. The molecule has 3 aromatic carbocycles. The van der Waals surface area contributed by atoms with Crippen LogP contribution >= 0.6 is 11.6 Å². The molecule has 32 heavy (non-hydrogen) atoms. The number of benzene rings is 3. The number of carbonyl (C=O) groups is 1. The first kappa shape index (κ1) is 23.1. The fraction of sp³-hybridized carbons (Fsp3) is 0.174. The van der Waals surface area contributed by atoms with Gasteiger partial charge < -0.3 is 19.9 Å². The van der Waals surface area contributed by atoms with Crippen LogP contribution in [0, 0.1) is 10.1 Å². The van der Waals surface area contributed by atoms with Gasteiger partial charge in [-0.25, -0.2) is 0 Å². The number of aliphatic hydroxyl groups excluding tert-OH is 1. The van der Waals surface area contributed by atoms with E-state index in [1.54, 1.807) is 30.3 Å². The van der Waals surface area contributed by atoms with E-state index in [2.05, 4.69) is 5.32 Å². The maximum absolute atomic E-state index is 12.5. The highest BCUT2D eigenvalue weighted by molar-refractivity contribution is 6.30. The van der Waals surface area contributed by atoms with E-state index in [1.807, 2.05) is 12.1 Å². The Bertz CT molecular complexity index is 1090. The zero-order valence-corrected chi connectivity index (χ0v) is 17.9. The van der Waals surface area contributed by atoms with Crippen molar-refractivity contribution in [3.63, 3.8) is 0 Å². The number of nitro benzene ring substituents is 1. The van der Waals surface area contributed by atoms with Crippen LogP contribution < -0.4 is 14.8 Å². The van der Waals surface area contributed by atoms with E-state index in [-0.39, 0.29) is 12.2 Å². The second-order valence-corrected chi connectivity index (χ2v) is 7.29. The predicted octanol–water partition coefficient (Wildman–Crippen LogP) is 4.30. The summed E-state index contributed by atoms with van der Waals surface area (Å²) in [6.07, 6.45) is -1.01. The fourth-order valence-electron chi connectivity index (χ4n) is 2.90. The largest absolute Gasteiger partial charge is 0.493 e. The highest BCUT2D eigenvalue weighted by Gasteiger charge is 2.15. The number of rotatable bonds is 9. The van der Waals surface area contributed by atoms with Crippen molar-refractivity contribution in [1.82, 2.24) is 5.32 Å². The molecule has 0 spiro atoms. The molecule has 3 aromatic rings. The van der Waals surface area contributed by atoms with E-state index >= 15 is 0 Å². The summed E-state index contributed by atoms with van der Waals surface area (Å²) in [7, 11) is 1.48. The molecule has 0 unspecified atom stereocenters. The van der Waals surface area contributed by atoms with Crippen LogP contribution in [0.25, 0.3) is 0 Å². The molecular formula is C23H21ClN2O6. The molecule has 0 saturated heterocycles. The van der Waals surface area contributed by atoms with Crippen LogP contribution in [0.15, 0.2) is 66.7 Å². The van der Waals surface area contributed by atoms with E-state index in [4.69, 9.17) is 21.1 Å². The van der Waals surface area contributed by atoms with Gasteiger partial charge in [-0.3, -0.25) is 14.9 Å². The van der Waals surface area contributed by atoms with Gasteiger partial charge in [0.25, 0.3) is 11.6 Å². The van der Waals surface area contributed by atoms with Crippen molar-refractivity contribution in [2.24, 2.45) is 0 Å².